The number of thiazole rings is 1. The maximum Gasteiger partial charge on any atom is 0.253 e. The molecule has 0 bridgehead atoms. The van der Waals surface area contributed by atoms with Gasteiger partial charge in [0.2, 0.25) is 5.91 Å². The van der Waals surface area contributed by atoms with Crippen molar-refractivity contribution in [2.75, 3.05) is 18.1 Å². The zero-order valence-corrected chi connectivity index (χ0v) is 14.5. The van der Waals surface area contributed by atoms with E-state index in [0.717, 1.165) is 0 Å². The summed E-state index contributed by atoms with van der Waals surface area (Å²) in [7, 11) is 1.84. The minimum Gasteiger partial charge on any atom is -0.492 e. The Hall–Kier alpha value is -2.41. The maximum absolute atomic E-state index is 12.4. The predicted octanol–water partition coefficient (Wildman–Crippen LogP) is 1.97. The van der Waals surface area contributed by atoms with Crippen LogP contribution in [-0.4, -0.2) is 29.5 Å². The van der Waals surface area contributed by atoms with E-state index in [1.54, 1.807) is 9.47 Å². The van der Waals surface area contributed by atoms with Crippen LogP contribution in [0.3, 0.4) is 0 Å². The highest BCUT2D eigenvalue weighted by Gasteiger charge is 2.36. The molecule has 1 aromatic carbocycles. The molecular formula is C17H19N3O3S. The Balaban J connectivity index is 1.82. The molecule has 3 rings (SSSR count). The molecule has 0 spiro atoms. The first-order valence-corrected chi connectivity index (χ1v) is 8.69. The van der Waals surface area contributed by atoms with Crippen LogP contribution in [0.2, 0.25) is 0 Å². The molecule has 6 nitrogen and oxygen atoms in total. The van der Waals surface area contributed by atoms with Gasteiger partial charge in [-0.05, 0) is 19.1 Å². The molecule has 1 saturated heterocycles. The van der Waals surface area contributed by atoms with Gasteiger partial charge in [0.05, 0.1) is 18.2 Å². The van der Waals surface area contributed by atoms with Crippen molar-refractivity contribution in [3.8, 4) is 5.75 Å². The maximum atomic E-state index is 12.4. The number of amides is 2. The number of hydrogen-bond acceptors (Lipinski definition) is 4. The molecule has 1 aromatic heterocycles. The first kappa shape index (κ1) is 16.4. The zero-order chi connectivity index (χ0) is 17.1. The number of ether oxygens (including phenoxy) is 1. The summed E-state index contributed by atoms with van der Waals surface area (Å²) in [4.78, 5) is 31.2. The molecule has 2 heterocycles. The Bertz CT molecular complexity index is 824. The molecular weight excluding hydrogens is 326 g/mol. The number of carbonyl (C=O) groups is 2. The summed E-state index contributed by atoms with van der Waals surface area (Å²) in [6, 6.07) is 7.39. The van der Waals surface area contributed by atoms with E-state index in [2.05, 4.69) is 4.99 Å². The minimum absolute atomic E-state index is 0.0775. The van der Waals surface area contributed by atoms with Gasteiger partial charge in [0.15, 0.2) is 4.80 Å². The van der Waals surface area contributed by atoms with Crippen LogP contribution in [0.1, 0.15) is 13.3 Å². The van der Waals surface area contributed by atoms with E-state index >= 15 is 0 Å². The van der Waals surface area contributed by atoms with Crippen molar-refractivity contribution in [2.45, 2.75) is 13.3 Å². The molecule has 1 atom stereocenters. The van der Waals surface area contributed by atoms with E-state index in [0.29, 0.717) is 29.4 Å². The Labute approximate surface area is 144 Å². The average Bonchev–Trinajstić information content (AvgIpc) is 3.15. The molecule has 0 aliphatic carbocycles. The van der Waals surface area contributed by atoms with Crippen LogP contribution in [-0.2, 0) is 16.6 Å². The first-order valence-electron chi connectivity index (χ1n) is 7.81. The van der Waals surface area contributed by atoms with Crippen LogP contribution in [0, 0.1) is 5.92 Å². The summed E-state index contributed by atoms with van der Waals surface area (Å²) >= 11 is 1.40. The number of rotatable bonds is 4. The Morgan fingerprint density at radius 2 is 2.21 bits per heavy atom. The van der Waals surface area contributed by atoms with Gasteiger partial charge in [-0.1, -0.05) is 12.1 Å². The highest BCUT2D eigenvalue weighted by Crippen LogP contribution is 2.33. The smallest absolute Gasteiger partial charge is 0.253 e. The van der Waals surface area contributed by atoms with Crippen molar-refractivity contribution in [3.63, 3.8) is 0 Å². The van der Waals surface area contributed by atoms with E-state index in [1.807, 2.05) is 49.8 Å². The highest BCUT2D eigenvalue weighted by molar-refractivity contribution is 7.07. The molecule has 7 heteroatoms. The molecule has 0 saturated carbocycles. The number of hydrogen-bond donors (Lipinski definition) is 0. The number of para-hydroxylation sites is 2. The van der Waals surface area contributed by atoms with Crippen molar-refractivity contribution in [1.82, 2.24) is 4.57 Å². The number of anilines is 1. The molecule has 0 N–H and O–H groups in total. The van der Waals surface area contributed by atoms with Gasteiger partial charge >= 0.3 is 0 Å². The molecule has 2 amide bonds. The second-order valence-electron chi connectivity index (χ2n) is 5.55. The molecule has 126 valence electrons. The molecule has 1 unspecified atom stereocenters. The van der Waals surface area contributed by atoms with Crippen molar-refractivity contribution < 1.29 is 14.3 Å². The zero-order valence-electron chi connectivity index (χ0n) is 13.6. The fraction of sp³-hybridized carbons (Fsp3) is 0.353. The molecule has 1 fully saturated rings. The molecule has 24 heavy (non-hydrogen) atoms. The van der Waals surface area contributed by atoms with Gasteiger partial charge in [-0.15, -0.1) is 11.3 Å². The molecule has 0 radical (unpaired) electrons. The Morgan fingerprint density at radius 3 is 2.92 bits per heavy atom. The monoisotopic (exact) mass is 345 g/mol. The number of carbonyl (C=O) groups excluding carboxylic acids is 2. The number of benzene rings is 1. The average molecular weight is 345 g/mol. The van der Waals surface area contributed by atoms with Crippen LogP contribution >= 0.6 is 11.3 Å². The van der Waals surface area contributed by atoms with E-state index in [1.165, 1.54) is 11.3 Å². The second kappa shape index (κ2) is 7.00. The third-order valence-corrected chi connectivity index (χ3v) is 4.74. The van der Waals surface area contributed by atoms with E-state index < -0.39 is 5.92 Å². The van der Waals surface area contributed by atoms with Crippen molar-refractivity contribution >= 4 is 28.8 Å². The highest BCUT2D eigenvalue weighted by atomic mass is 32.1. The van der Waals surface area contributed by atoms with Gasteiger partial charge in [0.25, 0.3) is 5.91 Å². The van der Waals surface area contributed by atoms with Crippen molar-refractivity contribution in [3.05, 3.63) is 40.6 Å². The molecule has 1 aliphatic rings. The number of nitrogens with zero attached hydrogens (tertiary/aromatic N) is 3. The fourth-order valence-corrected chi connectivity index (χ4v) is 3.42. The van der Waals surface area contributed by atoms with Gasteiger partial charge in [0.1, 0.15) is 5.75 Å². The quantitative estimate of drug-likeness (QED) is 0.851. The minimum atomic E-state index is -0.422. The van der Waals surface area contributed by atoms with Gasteiger partial charge in [-0.2, -0.15) is 4.99 Å². The fourth-order valence-electron chi connectivity index (χ4n) is 2.68. The van der Waals surface area contributed by atoms with E-state index in [-0.39, 0.29) is 18.2 Å². The summed E-state index contributed by atoms with van der Waals surface area (Å²) in [6.07, 6.45) is 2.03. The summed E-state index contributed by atoms with van der Waals surface area (Å²) in [6.45, 7) is 2.75. The summed E-state index contributed by atoms with van der Waals surface area (Å²) in [5.41, 5.74) is 0.710. The van der Waals surface area contributed by atoms with E-state index in [9.17, 15) is 9.59 Å². The second-order valence-corrected chi connectivity index (χ2v) is 6.43. The van der Waals surface area contributed by atoms with Crippen molar-refractivity contribution in [1.29, 1.82) is 0 Å². The lowest BCUT2D eigenvalue weighted by Crippen LogP contribution is -2.26. The lowest BCUT2D eigenvalue weighted by atomic mass is 10.1. The van der Waals surface area contributed by atoms with Crippen LogP contribution in [0.5, 0.6) is 5.75 Å². The van der Waals surface area contributed by atoms with Crippen LogP contribution in [0.4, 0.5) is 5.69 Å². The number of aryl methyl sites for hydroxylation is 1. The van der Waals surface area contributed by atoms with E-state index in [4.69, 9.17) is 4.74 Å². The standard InChI is InChI=1S/C17H19N3O3S/c1-3-23-14-7-5-4-6-13(14)20-11-12(10-15(20)21)16(22)18-17-19(2)8-9-24-17/h4-9,12H,3,10-11H2,1-2H3. The summed E-state index contributed by atoms with van der Waals surface area (Å²) in [5.74, 6) is -0.0959. The normalized spacial score (nSPS) is 18.2. The van der Waals surface area contributed by atoms with Crippen molar-refractivity contribution in [2.24, 2.45) is 18.0 Å². The van der Waals surface area contributed by atoms with Gasteiger partial charge in [0, 0.05) is 31.6 Å². The van der Waals surface area contributed by atoms with Crippen LogP contribution in [0.15, 0.2) is 40.8 Å². The largest absolute Gasteiger partial charge is 0.492 e. The summed E-state index contributed by atoms with van der Waals surface area (Å²) in [5, 5.41) is 1.87. The summed E-state index contributed by atoms with van der Waals surface area (Å²) < 4.78 is 7.38. The van der Waals surface area contributed by atoms with Crippen LogP contribution < -0.4 is 14.4 Å². The lowest BCUT2D eigenvalue weighted by Gasteiger charge is -2.19. The molecule has 1 aliphatic heterocycles. The first-order chi connectivity index (χ1) is 11.6. The lowest BCUT2D eigenvalue weighted by molar-refractivity contribution is -0.123. The van der Waals surface area contributed by atoms with Gasteiger partial charge in [-0.3, -0.25) is 9.59 Å². The topological polar surface area (TPSA) is 63.9 Å². The molecule has 2 aromatic rings. The van der Waals surface area contributed by atoms with Crippen LogP contribution in [0.25, 0.3) is 0 Å². The Kier molecular flexibility index (Phi) is 4.80. The van der Waals surface area contributed by atoms with Gasteiger partial charge < -0.3 is 14.2 Å². The Morgan fingerprint density at radius 1 is 1.42 bits per heavy atom. The number of aromatic nitrogens is 1. The third-order valence-electron chi connectivity index (χ3n) is 3.90. The SMILES string of the molecule is CCOc1ccccc1N1CC(C(=O)N=c2sccn2C)CC1=O. The van der Waals surface area contributed by atoms with Gasteiger partial charge in [-0.25, -0.2) is 0 Å². The predicted molar refractivity (Wildman–Crippen MR) is 91.9 cm³/mol. The third kappa shape index (κ3) is 3.26.